The fraction of sp³-hybridized carbons (Fsp3) is 0.750. The van der Waals surface area contributed by atoms with Crippen molar-refractivity contribution in [3.05, 3.63) is 29.3 Å². The van der Waals surface area contributed by atoms with E-state index in [1.54, 1.807) is 0 Å². The molecule has 2 amide bonds. The minimum absolute atomic E-state index is 0.0176. The second kappa shape index (κ2) is 25.3. The van der Waals surface area contributed by atoms with Gasteiger partial charge in [0.1, 0.15) is 0 Å². The molecule has 48 heavy (non-hydrogen) atoms. The van der Waals surface area contributed by atoms with E-state index in [4.69, 9.17) is 9.47 Å². The largest absolute Gasteiger partial charge is 0.420 e. The van der Waals surface area contributed by atoms with Crippen LogP contribution in [-0.2, 0) is 23.9 Å². The lowest BCUT2D eigenvalue weighted by Gasteiger charge is -2.29. The summed E-state index contributed by atoms with van der Waals surface area (Å²) in [6.07, 6.45) is 20.3. The Bertz CT molecular complexity index is 1060. The maximum Gasteiger partial charge on any atom is 0.313 e. The minimum Gasteiger partial charge on any atom is -0.420 e. The van der Waals surface area contributed by atoms with Crippen LogP contribution < -0.4 is 15.4 Å². The molecular weight excluding hydrogens is 632 g/mol. The molecule has 0 unspecified atom stereocenters. The number of rotatable bonds is 26. The van der Waals surface area contributed by atoms with Crippen LogP contribution in [0.4, 0.5) is 17.6 Å². The molecule has 0 atom stereocenters. The molecular formula is C36H56F4N2O6. The van der Waals surface area contributed by atoms with Crippen molar-refractivity contribution in [1.82, 2.24) is 10.6 Å². The van der Waals surface area contributed by atoms with E-state index in [1.807, 2.05) is 0 Å². The Kier molecular flexibility index (Phi) is 21.8. The van der Waals surface area contributed by atoms with E-state index in [2.05, 4.69) is 22.3 Å². The van der Waals surface area contributed by atoms with Gasteiger partial charge in [0, 0.05) is 31.0 Å². The van der Waals surface area contributed by atoms with Gasteiger partial charge in [-0.3, -0.25) is 14.4 Å². The van der Waals surface area contributed by atoms with Crippen molar-refractivity contribution in [3.63, 3.8) is 0 Å². The maximum absolute atomic E-state index is 13.6. The smallest absolute Gasteiger partial charge is 0.313 e. The molecule has 0 bridgehead atoms. The van der Waals surface area contributed by atoms with E-state index >= 15 is 0 Å². The average Bonchev–Trinajstić information content (AvgIpc) is 3.06. The average molecular weight is 689 g/mol. The molecule has 1 aromatic rings. The fourth-order valence-electron chi connectivity index (χ4n) is 5.73. The Morgan fingerprint density at radius 1 is 0.604 bits per heavy atom. The molecule has 0 radical (unpaired) electrons. The highest BCUT2D eigenvalue weighted by Crippen LogP contribution is 2.27. The molecule has 1 fully saturated rings. The van der Waals surface area contributed by atoms with Gasteiger partial charge in [0.05, 0.1) is 32.8 Å². The van der Waals surface area contributed by atoms with Gasteiger partial charge in [0.2, 0.25) is 29.2 Å². The highest BCUT2D eigenvalue weighted by Gasteiger charge is 2.24. The summed E-state index contributed by atoms with van der Waals surface area (Å²) in [5.74, 6) is -9.52. The first kappa shape index (κ1) is 41.4. The van der Waals surface area contributed by atoms with Gasteiger partial charge in [0.15, 0.2) is 11.6 Å². The molecule has 8 nitrogen and oxygen atoms in total. The lowest BCUT2D eigenvalue weighted by molar-refractivity contribution is -0.136. The Morgan fingerprint density at radius 2 is 1.02 bits per heavy atom. The number of carbonyl (C=O) groups is 3. The molecule has 274 valence electrons. The first-order chi connectivity index (χ1) is 23.2. The van der Waals surface area contributed by atoms with Crippen LogP contribution in [0.25, 0.3) is 0 Å². The summed E-state index contributed by atoms with van der Waals surface area (Å²) < 4.78 is 68.5. The van der Waals surface area contributed by atoms with Crippen molar-refractivity contribution in [3.8, 4) is 5.75 Å². The molecule has 0 heterocycles. The maximum atomic E-state index is 13.6. The van der Waals surface area contributed by atoms with Gasteiger partial charge in [-0.2, -0.15) is 8.78 Å². The van der Waals surface area contributed by atoms with Crippen LogP contribution in [0.15, 0.2) is 6.07 Å². The molecule has 2 rings (SSSR count). The Morgan fingerprint density at radius 3 is 1.50 bits per heavy atom. The van der Waals surface area contributed by atoms with Crippen LogP contribution in [-0.4, -0.2) is 56.3 Å². The third-order valence-electron chi connectivity index (χ3n) is 8.55. The lowest BCUT2D eigenvalue weighted by Crippen LogP contribution is -2.43. The number of ether oxygens (including phenoxy) is 3. The van der Waals surface area contributed by atoms with Crippen molar-refractivity contribution < 1.29 is 46.2 Å². The van der Waals surface area contributed by atoms with Crippen molar-refractivity contribution in [2.45, 2.75) is 147 Å². The Balaban J connectivity index is 1.39. The Hall–Kier alpha value is -2.73. The predicted molar refractivity (Wildman–Crippen MR) is 175 cm³/mol. The van der Waals surface area contributed by atoms with Crippen molar-refractivity contribution in [2.24, 2.45) is 0 Å². The van der Waals surface area contributed by atoms with Crippen LogP contribution >= 0.6 is 0 Å². The van der Waals surface area contributed by atoms with E-state index in [9.17, 15) is 31.9 Å². The van der Waals surface area contributed by atoms with Crippen LogP contribution in [0.2, 0.25) is 0 Å². The van der Waals surface area contributed by atoms with Gasteiger partial charge in [-0.1, -0.05) is 84.0 Å². The normalized spacial score (nSPS) is 16.1. The molecule has 1 saturated carbocycles. The summed E-state index contributed by atoms with van der Waals surface area (Å²) in [5.41, 5.74) is 0. The van der Waals surface area contributed by atoms with Gasteiger partial charge in [0.25, 0.3) is 0 Å². The van der Waals surface area contributed by atoms with Crippen molar-refractivity contribution in [2.75, 3.05) is 26.4 Å². The van der Waals surface area contributed by atoms with E-state index < -0.39 is 41.4 Å². The first-order valence-electron chi connectivity index (χ1n) is 18.0. The van der Waals surface area contributed by atoms with Gasteiger partial charge < -0.3 is 24.8 Å². The molecule has 1 aromatic carbocycles. The van der Waals surface area contributed by atoms with Crippen LogP contribution in [0, 0.1) is 23.3 Å². The third kappa shape index (κ3) is 18.1. The Labute approximate surface area is 283 Å². The van der Waals surface area contributed by atoms with E-state index in [-0.39, 0.29) is 62.8 Å². The monoisotopic (exact) mass is 688 g/mol. The number of hydrogen-bond donors (Lipinski definition) is 2. The number of esters is 1. The second-order valence-corrected chi connectivity index (χ2v) is 12.7. The van der Waals surface area contributed by atoms with E-state index in [0.29, 0.717) is 6.42 Å². The topological polar surface area (TPSA) is 103 Å². The standard InChI is InChI=1S/C36H56F4N2O6/c1-2-3-4-5-6-7-8-9-10-11-12-13-14-15-31(43)41-27-16-18-28(19-17-27)42-32(44)20-22-46-24-25-47-23-21-33(45)48-36-34(39)29(37)26-30(38)35(36)40/h26-28H,2-25H2,1H3,(H,41,43)(H,42,44)/t27-,28+. The highest BCUT2D eigenvalue weighted by molar-refractivity contribution is 5.77. The number of nitrogens with one attached hydrogen (secondary N) is 2. The number of halogens is 4. The highest BCUT2D eigenvalue weighted by atomic mass is 19.2. The summed E-state index contributed by atoms with van der Waals surface area (Å²) >= 11 is 0. The molecule has 1 aliphatic carbocycles. The third-order valence-corrected chi connectivity index (χ3v) is 8.55. The van der Waals surface area contributed by atoms with Gasteiger partial charge in [-0.15, -0.1) is 0 Å². The molecule has 0 aromatic heterocycles. The molecule has 12 heteroatoms. The summed E-state index contributed by atoms with van der Waals surface area (Å²) in [5, 5.41) is 6.17. The molecule has 2 N–H and O–H groups in total. The molecule has 0 aliphatic heterocycles. The zero-order chi connectivity index (χ0) is 35.0. The van der Waals surface area contributed by atoms with Crippen LogP contribution in [0.5, 0.6) is 5.75 Å². The summed E-state index contributed by atoms with van der Waals surface area (Å²) in [6.45, 7) is 2.48. The fourth-order valence-corrected chi connectivity index (χ4v) is 5.73. The number of benzene rings is 1. The van der Waals surface area contributed by atoms with E-state index in [1.165, 1.54) is 70.6 Å². The minimum atomic E-state index is -1.80. The summed E-state index contributed by atoms with van der Waals surface area (Å²) in [6, 6.07) is 0.245. The zero-order valence-corrected chi connectivity index (χ0v) is 28.7. The van der Waals surface area contributed by atoms with Gasteiger partial charge in [-0.25, -0.2) is 8.78 Å². The first-order valence-corrected chi connectivity index (χ1v) is 18.0. The SMILES string of the molecule is CCCCCCCCCCCCCCCC(=O)N[C@H]1CC[C@@H](NC(=O)CCOCCOCCC(=O)Oc2c(F)c(F)cc(F)c2F)CC1. The number of amides is 2. The van der Waals surface area contributed by atoms with Gasteiger partial charge in [-0.05, 0) is 32.1 Å². The molecule has 1 aliphatic rings. The van der Waals surface area contributed by atoms with Crippen LogP contribution in [0.1, 0.15) is 135 Å². The quantitative estimate of drug-likeness (QED) is 0.0337. The number of unbranched alkanes of at least 4 members (excludes halogenated alkanes) is 12. The van der Waals surface area contributed by atoms with Gasteiger partial charge >= 0.3 is 5.97 Å². The van der Waals surface area contributed by atoms with Crippen LogP contribution in [0.3, 0.4) is 0 Å². The number of hydrogen-bond acceptors (Lipinski definition) is 6. The van der Waals surface area contributed by atoms with Crippen molar-refractivity contribution in [1.29, 1.82) is 0 Å². The number of carbonyl (C=O) groups excluding carboxylic acids is 3. The zero-order valence-electron chi connectivity index (χ0n) is 28.7. The molecule has 0 saturated heterocycles. The summed E-state index contributed by atoms with van der Waals surface area (Å²) in [4.78, 5) is 36.4. The lowest BCUT2D eigenvalue weighted by atomic mass is 9.91. The predicted octanol–water partition coefficient (Wildman–Crippen LogP) is 7.99. The van der Waals surface area contributed by atoms with E-state index in [0.717, 1.165) is 38.5 Å². The van der Waals surface area contributed by atoms with Crippen molar-refractivity contribution >= 4 is 17.8 Å². The molecule has 0 spiro atoms. The summed E-state index contributed by atoms with van der Waals surface area (Å²) in [7, 11) is 0. The second-order valence-electron chi connectivity index (χ2n) is 12.7.